The summed E-state index contributed by atoms with van der Waals surface area (Å²) in [5, 5.41) is 0.507. The Balaban J connectivity index is 1.78. The summed E-state index contributed by atoms with van der Waals surface area (Å²) in [6.07, 6.45) is 0. The maximum atomic E-state index is 5.91. The molecular formula is C16H17BrN2O2S. The topological polar surface area (TPSA) is 56.8 Å². The molecule has 0 aliphatic heterocycles. The lowest BCUT2D eigenvalue weighted by molar-refractivity contribution is 0.344. The van der Waals surface area contributed by atoms with E-state index in [0.717, 1.165) is 27.4 Å². The first-order valence-corrected chi connectivity index (χ1v) is 8.44. The quantitative estimate of drug-likeness (QED) is 0.463. The predicted molar refractivity (Wildman–Crippen MR) is 96.4 cm³/mol. The number of nitrogens with zero attached hydrogens (tertiary/aromatic N) is 1. The third kappa shape index (κ3) is 5.61. The van der Waals surface area contributed by atoms with Gasteiger partial charge in [-0.1, -0.05) is 33.8 Å². The monoisotopic (exact) mass is 380 g/mol. The summed E-state index contributed by atoms with van der Waals surface area (Å²) in [7, 11) is 1.63. The Labute approximate surface area is 142 Å². The standard InChI is InChI=1S/C16H17BrN2O2S/c1-20-15-4-2-3-13(11-15)19-16(18)22-10-9-21-14-7-5-12(17)6-8-14/h2-8,11H,9-10H2,1H3,(H2,18,19). The Morgan fingerprint density at radius 1 is 1.18 bits per heavy atom. The lowest BCUT2D eigenvalue weighted by Gasteiger charge is -2.06. The first-order valence-electron chi connectivity index (χ1n) is 6.67. The minimum absolute atomic E-state index is 0.507. The van der Waals surface area contributed by atoms with Gasteiger partial charge in [0.15, 0.2) is 5.17 Å². The zero-order valence-electron chi connectivity index (χ0n) is 12.2. The third-order valence-electron chi connectivity index (χ3n) is 2.71. The maximum absolute atomic E-state index is 5.91. The zero-order valence-corrected chi connectivity index (χ0v) is 14.6. The van der Waals surface area contributed by atoms with Crippen LogP contribution in [-0.2, 0) is 0 Å². The number of hydrogen-bond acceptors (Lipinski definition) is 4. The summed E-state index contributed by atoms with van der Waals surface area (Å²) in [4.78, 5) is 4.34. The molecule has 116 valence electrons. The van der Waals surface area contributed by atoms with Crippen molar-refractivity contribution in [2.45, 2.75) is 0 Å². The van der Waals surface area contributed by atoms with Gasteiger partial charge in [-0.05, 0) is 36.4 Å². The number of halogens is 1. The second-order valence-electron chi connectivity index (χ2n) is 4.30. The fraction of sp³-hybridized carbons (Fsp3) is 0.188. The largest absolute Gasteiger partial charge is 0.497 e. The molecule has 0 saturated heterocycles. The van der Waals surface area contributed by atoms with Crippen molar-refractivity contribution in [3.63, 3.8) is 0 Å². The minimum Gasteiger partial charge on any atom is -0.497 e. The van der Waals surface area contributed by atoms with Crippen LogP contribution in [0, 0.1) is 0 Å². The molecule has 0 spiro atoms. The number of aliphatic imine (C=N–C) groups is 1. The number of thioether (sulfide) groups is 1. The van der Waals surface area contributed by atoms with Crippen LogP contribution in [0.4, 0.5) is 5.69 Å². The first-order chi connectivity index (χ1) is 10.7. The van der Waals surface area contributed by atoms with Crippen LogP contribution in [0.15, 0.2) is 58.0 Å². The van der Waals surface area contributed by atoms with Crippen molar-refractivity contribution in [2.24, 2.45) is 10.7 Å². The van der Waals surface area contributed by atoms with Gasteiger partial charge in [0.05, 0.1) is 19.4 Å². The van der Waals surface area contributed by atoms with E-state index in [1.165, 1.54) is 11.8 Å². The van der Waals surface area contributed by atoms with E-state index in [2.05, 4.69) is 20.9 Å². The van der Waals surface area contributed by atoms with Gasteiger partial charge in [-0.3, -0.25) is 0 Å². The molecule has 0 amide bonds. The Morgan fingerprint density at radius 3 is 2.68 bits per heavy atom. The van der Waals surface area contributed by atoms with E-state index >= 15 is 0 Å². The van der Waals surface area contributed by atoms with Crippen molar-refractivity contribution in [3.8, 4) is 11.5 Å². The van der Waals surface area contributed by atoms with Crippen molar-refractivity contribution in [1.29, 1.82) is 0 Å². The van der Waals surface area contributed by atoms with Crippen LogP contribution in [-0.4, -0.2) is 24.6 Å². The molecule has 2 rings (SSSR count). The van der Waals surface area contributed by atoms with Gasteiger partial charge in [0, 0.05) is 16.3 Å². The molecule has 2 N–H and O–H groups in total. The van der Waals surface area contributed by atoms with Crippen molar-refractivity contribution in [3.05, 3.63) is 53.0 Å². The highest BCUT2D eigenvalue weighted by atomic mass is 79.9. The summed E-state index contributed by atoms with van der Waals surface area (Å²) >= 11 is 4.85. The molecule has 0 aromatic heterocycles. The highest BCUT2D eigenvalue weighted by molar-refractivity contribution is 9.10. The Morgan fingerprint density at radius 2 is 1.95 bits per heavy atom. The van der Waals surface area contributed by atoms with Crippen LogP contribution in [0.3, 0.4) is 0 Å². The molecule has 4 nitrogen and oxygen atoms in total. The minimum atomic E-state index is 0.507. The van der Waals surface area contributed by atoms with Crippen LogP contribution in [0.5, 0.6) is 11.5 Å². The second-order valence-corrected chi connectivity index (χ2v) is 6.33. The third-order valence-corrected chi connectivity index (χ3v) is 3.99. The van der Waals surface area contributed by atoms with Crippen LogP contribution in [0.25, 0.3) is 0 Å². The molecule has 0 bridgehead atoms. The van der Waals surface area contributed by atoms with Gasteiger partial charge in [-0.2, -0.15) is 0 Å². The highest BCUT2D eigenvalue weighted by Gasteiger charge is 1.99. The fourth-order valence-corrected chi connectivity index (χ4v) is 2.49. The van der Waals surface area contributed by atoms with E-state index in [-0.39, 0.29) is 0 Å². The molecule has 0 unspecified atom stereocenters. The maximum Gasteiger partial charge on any atom is 0.159 e. The van der Waals surface area contributed by atoms with E-state index in [1.54, 1.807) is 7.11 Å². The SMILES string of the molecule is COc1cccc(N=C(N)SCCOc2ccc(Br)cc2)c1. The van der Waals surface area contributed by atoms with Crippen molar-refractivity contribution in [1.82, 2.24) is 0 Å². The summed E-state index contributed by atoms with van der Waals surface area (Å²) in [5.41, 5.74) is 6.68. The number of amidine groups is 1. The Hall–Kier alpha value is -1.66. The lowest BCUT2D eigenvalue weighted by atomic mass is 10.3. The Kier molecular flexibility index (Phi) is 6.61. The van der Waals surface area contributed by atoms with E-state index in [0.29, 0.717) is 11.8 Å². The molecule has 2 aromatic carbocycles. The molecule has 0 aliphatic rings. The molecule has 0 radical (unpaired) electrons. The van der Waals surface area contributed by atoms with Gasteiger partial charge in [0.2, 0.25) is 0 Å². The number of methoxy groups -OCH3 is 1. The van der Waals surface area contributed by atoms with Gasteiger partial charge < -0.3 is 15.2 Å². The van der Waals surface area contributed by atoms with E-state index in [4.69, 9.17) is 15.2 Å². The van der Waals surface area contributed by atoms with Crippen LogP contribution in [0.2, 0.25) is 0 Å². The summed E-state index contributed by atoms with van der Waals surface area (Å²) < 4.78 is 11.8. The molecule has 6 heteroatoms. The number of nitrogens with two attached hydrogens (primary N) is 1. The molecule has 0 aliphatic carbocycles. The van der Waals surface area contributed by atoms with Crippen LogP contribution >= 0.6 is 27.7 Å². The second kappa shape index (κ2) is 8.70. The summed E-state index contributed by atoms with van der Waals surface area (Å²) in [6.45, 7) is 0.570. The van der Waals surface area contributed by atoms with Crippen molar-refractivity contribution < 1.29 is 9.47 Å². The number of rotatable bonds is 6. The van der Waals surface area contributed by atoms with Gasteiger partial charge >= 0.3 is 0 Å². The first kappa shape index (κ1) is 16.7. The molecule has 0 atom stereocenters. The van der Waals surface area contributed by atoms with Gasteiger partial charge in [0.25, 0.3) is 0 Å². The van der Waals surface area contributed by atoms with Gasteiger partial charge in [-0.25, -0.2) is 4.99 Å². The van der Waals surface area contributed by atoms with Crippen molar-refractivity contribution >= 4 is 38.5 Å². The average Bonchev–Trinajstić information content (AvgIpc) is 2.53. The molecule has 0 saturated carbocycles. The molecule has 0 heterocycles. The highest BCUT2D eigenvalue weighted by Crippen LogP contribution is 2.20. The molecule has 22 heavy (non-hydrogen) atoms. The van der Waals surface area contributed by atoms with Crippen molar-refractivity contribution in [2.75, 3.05) is 19.5 Å². The Bertz CT molecular complexity index is 632. The predicted octanol–water partition coefficient (Wildman–Crippen LogP) is 4.22. The average molecular weight is 381 g/mol. The van der Waals surface area contributed by atoms with E-state index < -0.39 is 0 Å². The smallest absolute Gasteiger partial charge is 0.159 e. The van der Waals surface area contributed by atoms with Crippen LogP contribution in [0.1, 0.15) is 0 Å². The van der Waals surface area contributed by atoms with E-state index in [9.17, 15) is 0 Å². The normalized spacial score (nSPS) is 11.3. The lowest BCUT2D eigenvalue weighted by Crippen LogP contribution is -2.10. The summed E-state index contributed by atoms with van der Waals surface area (Å²) in [6, 6.07) is 15.2. The van der Waals surface area contributed by atoms with Gasteiger partial charge in [-0.15, -0.1) is 0 Å². The molecule has 0 fully saturated rings. The zero-order chi connectivity index (χ0) is 15.8. The number of benzene rings is 2. The van der Waals surface area contributed by atoms with E-state index in [1.807, 2.05) is 48.5 Å². The van der Waals surface area contributed by atoms with Crippen LogP contribution < -0.4 is 15.2 Å². The fourth-order valence-electron chi connectivity index (χ4n) is 1.68. The molecular weight excluding hydrogens is 364 g/mol. The molecule has 2 aromatic rings. The number of hydrogen-bond donors (Lipinski definition) is 1. The van der Waals surface area contributed by atoms with Gasteiger partial charge in [0.1, 0.15) is 11.5 Å². The summed E-state index contributed by atoms with van der Waals surface area (Å²) in [5.74, 6) is 2.33. The number of ether oxygens (including phenoxy) is 2.